The highest BCUT2D eigenvalue weighted by atomic mass is 32.2. The van der Waals surface area contributed by atoms with Crippen LogP contribution in [0.1, 0.15) is 13.8 Å². The van der Waals surface area contributed by atoms with Gasteiger partial charge in [-0.3, -0.25) is 4.72 Å². The molecule has 0 fully saturated rings. The Morgan fingerprint density at radius 3 is 2.27 bits per heavy atom. The van der Waals surface area contributed by atoms with E-state index in [4.69, 9.17) is 4.74 Å². The Morgan fingerprint density at radius 1 is 1.09 bits per heavy atom. The van der Waals surface area contributed by atoms with Crippen molar-refractivity contribution in [2.24, 2.45) is 0 Å². The molecule has 0 unspecified atom stereocenters. The minimum atomic E-state index is -3.64. The van der Waals surface area contributed by atoms with E-state index >= 15 is 0 Å². The summed E-state index contributed by atoms with van der Waals surface area (Å²) in [5.41, 5.74) is 0.408. The van der Waals surface area contributed by atoms with Gasteiger partial charge in [0, 0.05) is 6.04 Å². The number of methoxy groups -OCH3 is 1. The van der Waals surface area contributed by atoms with Crippen LogP contribution >= 0.6 is 0 Å². The van der Waals surface area contributed by atoms with Crippen LogP contribution in [0.4, 0.5) is 11.5 Å². The number of hydrogen-bond acceptors (Lipinski definition) is 5. The highest BCUT2D eigenvalue weighted by Gasteiger charge is 2.14. The van der Waals surface area contributed by atoms with Crippen LogP contribution in [0.25, 0.3) is 0 Å². The van der Waals surface area contributed by atoms with Gasteiger partial charge in [-0.05, 0) is 50.2 Å². The average Bonchev–Trinajstić information content (AvgIpc) is 2.48. The molecule has 0 radical (unpaired) electrons. The zero-order valence-corrected chi connectivity index (χ0v) is 13.5. The fourth-order valence-corrected chi connectivity index (χ4v) is 2.85. The summed E-state index contributed by atoms with van der Waals surface area (Å²) in [4.78, 5) is 4.33. The molecule has 2 aromatic rings. The normalized spacial score (nSPS) is 11.3. The molecule has 0 atom stereocenters. The lowest BCUT2D eigenvalue weighted by molar-refractivity contribution is 0.414. The minimum absolute atomic E-state index is 0.165. The van der Waals surface area contributed by atoms with Gasteiger partial charge in [-0.15, -0.1) is 0 Å². The summed E-state index contributed by atoms with van der Waals surface area (Å²) in [5, 5.41) is 3.14. The summed E-state index contributed by atoms with van der Waals surface area (Å²) in [7, 11) is -2.11. The van der Waals surface area contributed by atoms with Crippen LogP contribution in [0.15, 0.2) is 47.5 Å². The number of pyridine rings is 1. The van der Waals surface area contributed by atoms with E-state index in [1.807, 2.05) is 13.8 Å². The van der Waals surface area contributed by atoms with Crippen LogP contribution in [0, 0.1) is 0 Å². The topological polar surface area (TPSA) is 80.3 Å². The van der Waals surface area contributed by atoms with Gasteiger partial charge in [-0.1, -0.05) is 0 Å². The molecule has 7 heteroatoms. The first kappa shape index (κ1) is 16.1. The molecule has 0 aliphatic rings. The summed E-state index contributed by atoms with van der Waals surface area (Å²) in [6, 6.07) is 9.83. The highest BCUT2D eigenvalue weighted by molar-refractivity contribution is 7.92. The number of anilines is 2. The molecule has 2 rings (SSSR count). The second kappa shape index (κ2) is 6.65. The summed E-state index contributed by atoms with van der Waals surface area (Å²) in [6.07, 6.45) is 1.48. The van der Waals surface area contributed by atoms with Crippen LogP contribution in [0.2, 0.25) is 0 Å². The van der Waals surface area contributed by atoms with Gasteiger partial charge in [0.2, 0.25) is 0 Å². The Hall–Kier alpha value is -2.28. The van der Waals surface area contributed by atoms with Gasteiger partial charge in [-0.25, -0.2) is 13.4 Å². The summed E-state index contributed by atoms with van der Waals surface area (Å²) < 4.78 is 32.0. The minimum Gasteiger partial charge on any atom is -0.497 e. The predicted molar refractivity (Wildman–Crippen MR) is 86.8 cm³/mol. The molecule has 1 heterocycles. The number of nitrogens with zero attached hydrogens (tertiary/aromatic N) is 1. The second-order valence-electron chi connectivity index (χ2n) is 5.01. The second-order valence-corrected chi connectivity index (χ2v) is 6.69. The third-order valence-corrected chi connectivity index (χ3v) is 4.22. The Labute approximate surface area is 130 Å². The number of rotatable bonds is 6. The maximum absolute atomic E-state index is 12.3. The van der Waals surface area contributed by atoms with E-state index in [-0.39, 0.29) is 10.9 Å². The average molecular weight is 321 g/mol. The number of aromatic nitrogens is 1. The standard InChI is InChI=1S/C15H19N3O3S/c1-11(2)17-15-9-4-12(10-16-15)18-22(19,20)14-7-5-13(21-3)6-8-14/h4-11,18H,1-3H3,(H,16,17). The molecule has 0 saturated heterocycles. The zero-order valence-electron chi connectivity index (χ0n) is 12.7. The van der Waals surface area contributed by atoms with Crippen molar-refractivity contribution in [3.8, 4) is 5.75 Å². The molecule has 22 heavy (non-hydrogen) atoms. The van der Waals surface area contributed by atoms with E-state index in [1.165, 1.54) is 25.4 Å². The van der Waals surface area contributed by atoms with Gasteiger partial charge < -0.3 is 10.1 Å². The van der Waals surface area contributed by atoms with Crippen LogP contribution in [0.5, 0.6) is 5.75 Å². The molecule has 0 amide bonds. The quantitative estimate of drug-likeness (QED) is 0.855. The maximum atomic E-state index is 12.3. The predicted octanol–water partition coefficient (Wildman–Crippen LogP) is 2.71. The van der Waals surface area contributed by atoms with Crippen molar-refractivity contribution in [2.75, 3.05) is 17.1 Å². The Morgan fingerprint density at radius 2 is 1.77 bits per heavy atom. The number of benzene rings is 1. The molecule has 0 aliphatic heterocycles. The van der Waals surface area contributed by atoms with E-state index < -0.39 is 10.0 Å². The van der Waals surface area contributed by atoms with Gasteiger partial charge in [0.05, 0.1) is 23.9 Å². The molecule has 1 aromatic carbocycles. The van der Waals surface area contributed by atoms with Gasteiger partial charge >= 0.3 is 0 Å². The lowest BCUT2D eigenvalue weighted by Gasteiger charge is -2.11. The Bertz CT molecular complexity index is 711. The summed E-state index contributed by atoms with van der Waals surface area (Å²) in [6.45, 7) is 4.00. The molecule has 0 spiro atoms. The molecule has 1 aromatic heterocycles. The van der Waals surface area contributed by atoms with Gasteiger partial charge in [0.15, 0.2) is 0 Å². The largest absolute Gasteiger partial charge is 0.497 e. The van der Waals surface area contributed by atoms with Gasteiger partial charge in [0.1, 0.15) is 11.6 Å². The van der Waals surface area contributed by atoms with Gasteiger partial charge in [-0.2, -0.15) is 0 Å². The van der Waals surface area contributed by atoms with Crippen molar-refractivity contribution >= 4 is 21.5 Å². The van der Waals surface area contributed by atoms with Crippen molar-refractivity contribution in [3.05, 3.63) is 42.6 Å². The van der Waals surface area contributed by atoms with Crippen molar-refractivity contribution in [1.29, 1.82) is 0 Å². The van der Waals surface area contributed by atoms with E-state index in [1.54, 1.807) is 24.3 Å². The summed E-state index contributed by atoms with van der Waals surface area (Å²) >= 11 is 0. The van der Waals surface area contributed by atoms with E-state index in [9.17, 15) is 8.42 Å². The first-order chi connectivity index (χ1) is 10.4. The van der Waals surface area contributed by atoms with Crippen LogP contribution in [-0.4, -0.2) is 26.6 Å². The van der Waals surface area contributed by atoms with Crippen LogP contribution in [-0.2, 0) is 10.0 Å². The molecule has 118 valence electrons. The number of sulfonamides is 1. The summed E-state index contributed by atoms with van der Waals surface area (Å²) in [5.74, 6) is 1.30. The molecule has 2 N–H and O–H groups in total. The van der Waals surface area contributed by atoms with Crippen LogP contribution in [0.3, 0.4) is 0 Å². The van der Waals surface area contributed by atoms with E-state index in [0.29, 0.717) is 17.3 Å². The monoisotopic (exact) mass is 321 g/mol. The Balaban J connectivity index is 2.13. The van der Waals surface area contributed by atoms with Gasteiger partial charge in [0.25, 0.3) is 10.0 Å². The van der Waals surface area contributed by atoms with E-state index in [0.717, 1.165) is 0 Å². The number of hydrogen-bond donors (Lipinski definition) is 2. The SMILES string of the molecule is COc1ccc(S(=O)(=O)Nc2ccc(NC(C)C)nc2)cc1. The first-order valence-corrected chi connectivity index (χ1v) is 8.28. The molecule has 0 aliphatic carbocycles. The molecular formula is C15H19N3O3S. The Kier molecular flexibility index (Phi) is 4.87. The molecule has 0 saturated carbocycles. The third kappa shape index (κ3) is 4.11. The van der Waals surface area contributed by atoms with Crippen LogP contribution < -0.4 is 14.8 Å². The van der Waals surface area contributed by atoms with Crippen molar-refractivity contribution in [2.45, 2.75) is 24.8 Å². The van der Waals surface area contributed by atoms with Crippen molar-refractivity contribution < 1.29 is 13.2 Å². The maximum Gasteiger partial charge on any atom is 0.261 e. The number of nitrogens with one attached hydrogen (secondary N) is 2. The van der Waals surface area contributed by atoms with Crippen molar-refractivity contribution in [1.82, 2.24) is 4.98 Å². The fourth-order valence-electron chi connectivity index (χ4n) is 1.80. The first-order valence-electron chi connectivity index (χ1n) is 6.80. The fraction of sp³-hybridized carbons (Fsp3) is 0.267. The third-order valence-electron chi connectivity index (χ3n) is 2.82. The van der Waals surface area contributed by atoms with Crippen molar-refractivity contribution in [3.63, 3.8) is 0 Å². The lowest BCUT2D eigenvalue weighted by atomic mass is 10.3. The lowest BCUT2D eigenvalue weighted by Crippen LogP contribution is -2.14. The smallest absolute Gasteiger partial charge is 0.261 e. The number of ether oxygens (including phenoxy) is 1. The molecular weight excluding hydrogens is 302 g/mol. The molecule has 0 bridgehead atoms. The van der Waals surface area contributed by atoms with E-state index in [2.05, 4.69) is 15.0 Å². The highest BCUT2D eigenvalue weighted by Crippen LogP contribution is 2.19. The molecule has 6 nitrogen and oxygen atoms in total. The zero-order chi connectivity index (χ0) is 16.2.